The lowest BCUT2D eigenvalue weighted by Gasteiger charge is -2.07. The number of halogens is 1. The summed E-state index contributed by atoms with van der Waals surface area (Å²) in [5, 5.41) is 10.8. The Morgan fingerprint density at radius 1 is 1.53 bits per heavy atom. The van der Waals surface area contributed by atoms with Crippen LogP contribution < -0.4 is 5.32 Å². The SMILES string of the molecule is CC(CCl)C(=O)NCc1nnc2ccccn12. The fourth-order valence-electron chi connectivity index (χ4n) is 1.42. The summed E-state index contributed by atoms with van der Waals surface area (Å²) in [6.07, 6.45) is 1.86. The van der Waals surface area contributed by atoms with Gasteiger partial charge in [-0.15, -0.1) is 21.8 Å². The maximum absolute atomic E-state index is 11.6. The Labute approximate surface area is 104 Å². The molecule has 6 heteroatoms. The van der Waals surface area contributed by atoms with Crippen LogP contribution in [-0.4, -0.2) is 26.4 Å². The number of carbonyl (C=O) groups is 1. The predicted octanol–water partition coefficient (Wildman–Crippen LogP) is 1.22. The molecule has 0 saturated heterocycles. The van der Waals surface area contributed by atoms with Gasteiger partial charge < -0.3 is 5.32 Å². The van der Waals surface area contributed by atoms with Gasteiger partial charge in [-0.1, -0.05) is 13.0 Å². The van der Waals surface area contributed by atoms with Gasteiger partial charge in [0.25, 0.3) is 0 Å². The number of pyridine rings is 1. The number of hydrogen-bond donors (Lipinski definition) is 1. The Morgan fingerprint density at radius 2 is 2.35 bits per heavy atom. The van der Waals surface area contributed by atoms with Crippen molar-refractivity contribution in [1.29, 1.82) is 0 Å². The number of amides is 1. The molecule has 0 spiro atoms. The zero-order valence-electron chi connectivity index (χ0n) is 9.43. The van der Waals surface area contributed by atoms with Gasteiger partial charge in [0.15, 0.2) is 11.5 Å². The average Bonchev–Trinajstić information content (AvgIpc) is 2.78. The molecule has 1 atom stereocenters. The third-order valence-electron chi connectivity index (χ3n) is 2.48. The van der Waals surface area contributed by atoms with Crippen LogP contribution in [0.1, 0.15) is 12.7 Å². The van der Waals surface area contributed by atoms with Crippen LogP contribution in [0.3, 0.4) is 0 Å². The maximum atomic E-state index is 11.6. The summed E-state index contributed by atoms with van der Waals surface area (Å²) in [4.78, 5) is 11.6. The average molecular weight is 253 g/mol. The van der Waals surface area contributed by atoms with Gasteiger partial charge in [-0.05, 0) is 12.1 Å². The molecular formula is C11H13ClN4O. The Bertz CT molecular complexity index is 525. The minimum absolute atomic E-state index is 0.0762. The summed E-state index contributed by atoms with van der Waals surface area (Å²) >= 11 is 5.61. The summed E-state index contributed by atoms with van der Waals surface area (Å²) in [7, 11) is 0. The molecule has 2 rings (SSSR count). The van der Waals surface area contributed by atoms with E-state index in [0.29, 0.717) is 18.2 Å². The highest BCUT2D eigenvalue weighted by Gasteiger charge is 2.12. The van der Waals surface area contributed by atoms with Crippen molar-refractivity contribution in [3.63, 3.8) is 0 Å². The van der Waals surface area contributed by atoms with Gasteiger partial charge in [-0.25, -0.2) is 0 Å². The quantitative estimate of drug-likeness (QED) is 0.833. The molecule has 5 nitrogen and oxygen atoms in total. The van der Waals surface area contributed by atoms with Crippen molar-refractivity contribution in [3.05, 3.63) is 30.2 Å². The summed E-state index contributed by atoms with van der Waals surface area (Å²) in [6.45, 7) is 2.13. The molecule has 1 N–H and O–H groups in total. The van der Waals surface area contributed by atoms with E-state index >= 15 is 0 Å². The molecule has 0 aliphatic carbocycles. The maximum Gasteiger partial charge on any atom is 0.224 e. The zero-order chi connectivity index (χ0) is 12.3. The summed E-state index contributed by atoms with van der Waals surface area (Å²) in [5.74, 6) is 0.742. The van der Waals surface area contributed by atoms with Gasteiger partial charge in [0, 0.05) is 18.0 Å². The Kier molecular flexibility index (Phi) is 3.58. The summed E-state index contributed by atoms with van der Waals surface area (Å²) in [5.41, 5.74) is 0.766. The van der Waals surface area contributed by atoms with Gasteiger partial charge >= 0.3 is 0 Å². The number of nitrogens with zero attached hydrogens (tertiary/aromatic N) is 3. The van der Waals surface area contributed by atoms with Crippen molar-refractivity contribution in [1.82, 2.24) is 19.9 Å². The second-order valence-corrected chi connectivity index (χ2v) is 4.13. The Hall–Kier alpha value is -1.62. The smallest absolute Gasteiger partial charge is 0.224 e. The van der Waals surface area contributed by atoms with Gasteiger partial charge in [0.2, 0.25) is 5.91 Å². The second-order valence-electron chi connectivity index (χ2n) is 3.82. The normalized spacial score (nSPS) is 12.6. The number of alkyl halides is 1. The lowest BCUT2D eigenvalue weighted by molar-refractivity contribution is -0.124. The molecule has 0 radical (unpaired) electrons. The minimum Gasteiger partial charge on any atom is -0.349 e. The molecule has 0 aliphatic rings. The number of nitrogens with one attached hydrogen (secondary N) is 1. The van der Waals surface area contributed by atoms with E-state index in [-0.39, 0.29) is 11.8 Å². The van der Waals surface area contributed by atoms with E-state index in [4.69, 9.17) is 11.6 Å². The topological polar surface area (TPSA) is 59.3 Å². The third kappa shape index (κ3) is 2.55. The third-order valence-corrected chi connectivity index (χ3v) is 2.95. The molecule has 0 saturated carbocycles. The molecule has 2 aromatic heterocycles. The van der Waals surface area contributed by atoms with Crippen LogP contribution >= 0.6 is 11.6 Å². The van der Waals surface area contributed by atoms with Gasteiger partial charge in [-0.2, -0.15) is 0 Å². The lowest BCUT2D eigenvalue weighted by Crippen LogP contribution is -2.30. The van der Waals surface area contributed by atoms with Crippen LogP contribution in [0, 0.1) is 5.92 Å². The standard InChI is InChI=1S/C11H13ClN4O/c1-8(6-12)11(17)13-7-10-15-14-9-4-2-3-5-16(9)10/h2-5,8H,6-7H2,1H3,(H,13,17). The van der Waals surface area contributed by atoms with Crippen molar-refractivity contribution >= 4 is 23.2 Å². The molecule has 1 unspecified atom stereocenters. The first-order valence-electron chi connectivity index (χ1n) is 5.34. The van der Waals surface area contributed by atoms with E-state index in [1.54, 1.807) is 6.92 Å². The fraction of sp³-hybridized carbons (Fsp3) is 0.364. The molecule has 17 heavy (non-hydrogen) atoms. The van der Waals surface area contributed by atoms with E-state index < -0.39 is 0 Å². The molecule has 1 amide bonds. The largest absolute Gasteiger partial charge is 0.349 e. The Morgan fingerprint density at radius 3 is 3.12 bits per heavy atom. The van der Waals surface area contributed by atoms with E-state index in [1.807, 2.05) is 28.8 Å². The Balaban J connectivity index is 2.07. The predicted molar refractivity (Wildman–Crippen MR) is 64.7 cm³/mol. The lowest BCUT2D eigenvalue weighted by atomic mass is 10.2. The molecule has 0 aliphatic heterocycles. The monoisotopic (exact) mass is 252 g/mol. The van der Waals surface area contributed by atoms with Crippen LogP contribution in [0.25, 0.3) is 5.65 Å². The molecule has 2 aromatic rings. The number of rotatable bonds is 4. The first-order chi connectivity index (χ1) is 8.22. The highest BCUT2D eigenvalue weighted by Crippen LogP contribution is 2.03. The highest BCUT2D eigenvalue weighted by molar-refractivity contribution is 6.19. The first kappa shape index (κ1) is 11.9. The van der Waals surface area contributed by atoms with E-state index in [2.05, 4.69) is 15.5 Å². The van der Waals surface area contributed by atoms with Crippen molar-refractivity contribution < 1.29 is 4.79 Å². The number of aromatic nitrogens is 3. The van der Waals surface area contributed by atoms with Crippen LogP contribution in [0.15, 0.2) is 24.4 Å². The fourth-order valence-corrected chi connectivity index (χ4v) is 1.56. The highest BCUT2D eigenvalue weighted by atomic mass is 35.5. The minimum atomic E-state index is -0.198. The van der Waals surface area contributed by atoms with Crippen molar-refractivity contribution in [2.24, 2.45) is 5.92 Å². The molecule has 2 heterocycles. The van der Waals surface area contributed by atoms with Crippen LogP contribution in [-0.2, 0) is 11.3 Å². The van der Waals surface area contributed by atoms with Crippen LogP contribution in [0.2, 0.25) is 0 Å². The summed E-state index contributed by atoms with van der Waals surface area (Å²) in [6, 6.07) is 5.64. The van der Waals surface area contributed by atoms with Crippen LogP contribution in [0.5, 0.6) is 0 Å². The van der Waals surface area contributed by atoms with Gasteiger partial charge in [0.05, 0.1) is 6.54 Å². The van der Waals surface area contributed by atoms with Crippen molar-refractivity contribution in [3.8, 4) is 0 Å². The van der Waals surface area contributed by atoms with Gasteiger partial charge in [0.1, 0.15) is 0 Å². The first-order valence-corrected chi connectivity index (χ1v) is 5.88. The molecule has 90 valence electrons. The molecule has 0 aromatic carbocycles. The summed E-state index contributed by atoms with van der Waals surface area (Å²) < 4.78 is 1.84. The van der Waals surface area contributed by atoms with E-state index in [0.717, 1.165) is 5.65 Å². The van der Waals surface area contributed by atoms with E-state index in [1.165, 1.54) is 0 Å². The molecular weight excluding hydrogens is 240 g/mol. The van der Waals surface area contributed by atoms with Gasteiger partial charge in [-0.3, -0.25) is 9.20 Å². The zero-order valence-corrected chi connectivity index (χ0v) is 10.2. The van der Waals surface area contributed by atoms with Crippen molar-refractivity contribution in [2.75, 3.05) is 5.88 Å². The molecule has 0 bridgehead atoms. The number of fused-ring (bicyclic) bond motifs is 1. The van der Waals surface area contributed by atoms with Crippen molar-refractivity contribution in [2.45, 2.75) is 13.5 Å². The van der Waals surface area contributed by atoms with Crippen LogP contribution in [0.4, 0.5) is 0 Å². The molecule has 0 fully saturated rings. The van der Waals surface area contributed by atoms with E-state index in [9.17, 15) is 4.79 Å². The second kappa shape index (κ2) is 5.14. The number of hydrogen-bond acceptors (Lipinski definition) is 3. The number of carbonyl (C=O) groups excluding carboxylic acids is 1.